The van der Waals surface area contributed by atoms with Crippen LogP contribution in [0.2, 0.25) is 0 Å². The second kappa shape index (κ2) is 7.90. The van der Waals surface area contributed by atoms with Crippen LogP contribution in [0.25, 0.3) is 11.1 Å². The lowest BCUT2D eigenvalue weighted by Gasteiger charge is -2.24. The first-order chi connectivity index (χ1) is 14.7. The smallest absolute Gasteiger partial charge is 0.406 e. The molecule has 1 aliphatic rings. The Bertz CT molecular complexity index is 1140. The van der Waals surface area contributed by atoms with Gasteiger partial charge in [-0.2, -0.15) is 0 Å². The number of aromatic nitrogens is 1. The molecule has 160 valence electrons. The standard InChI is InChI=1S/C22H16F4N2O3/c23-16-12-14(13-3-6-15(7-4-13)31-22(24,25)26)5-8-17(16)27-21(30)19-9-10-20(29)18-2-1-11-28(18)19/h1-8,11-12,19H,9-10H2,(H,27,30). The molecule has 31 heavy (non-hydrogen) atoms. The van der Waals surface area contributed by atoms with Gasteiger partial charge in [0.1, 0.15) is 17.6 Å². The molecule has 0 bridgehead atoms. The maximum atomic E-state index is 14.6. The lowest BCUT2D eigenvalue weighted by atomic mass is 10.0. The maximum Gasteiger partial charge on any atom is 0.573 e. The minimum absolute atomic E-state index is 0.0311. The van der Waals surface area contributed by atoms with Crippen molar-refractivity contribution in [2.75, 3.05) is 5.32 Å². The molecule has 4 rings (SSSR count). The quantitative estimate of drug-likeness (QED) is 0.566. The largest absolute Gasteiger partial charge is 0.573 e. The van der Waals surface area contributed by atoms with Gasteiger partial charge in [0.25, 0.3) is 0 Å². The van der Waals surface area contributed by atoms with E-state index in [0.717, 1.165) is 12.1 Å². The van der Waals surface area contributed by atoms with Crippen molar-refractivity contribution in [2.45, 2.75) is 25.2 Å². The van der Waals surface area contributed by atoms with Gasteiger partial charge in [0, 0.05) is 12.6 Å². The van der Waals surface area contributed by atoms with Gasteiger partial charge in [0.2, 0.25) is 5.91 Å². The number of ketones is 1. The number of nitrogens with one attached hydrogen (secondary N) is 1. The van der Waals surface area contributed by atoms with Crippen LogP contribution < -0.4 is 10.1 Å². The van der Waals surface area contributed by atoms with Gasteiger partial charge in [-0.25, -0.2) is 4.39 Å². The molecule has 0 aliphatic carbocycles. The van der Waals surface area contributed by atoms with E-state index < -0.39 is 24.1 Å². The van der Waals surface area contributed by atoms with Crippen molar-refractivity contribution in [3.63, 3.8) is 0 Å². The molecule has 2 heterocycles. The van der Waals surface area contributed by atoms with Crippen LogP contribution in [0.1, 0.15) is 29.4 Å². The van der Waals surface area contributed by atoms with Crippen LogP contribution in [-0.4, -0.2) is 22.6 Å². The van der Waals surface area contributed by atoms with E-state index in [-0.39, 0.29) is 23.6 Å². The molecule has 1 N–H and O–H groups in total. The van der Waals surface area contributed by atoms with Crippen molar-refractivity contribution >= 4 is 17.4 Å². The molecule has 0 fully saturated rings. The summed E-state index contributed by atoms with van der Waals surface area (Å²) in [5, 5.41) is 2.55. The molecule has 2 aromatic carbocycles. The van der Waals surface area contributed by atoms with Crippen LogP contribution in [0.15, 0.2) is 60.8 Å². The molecular weight excluding hydrogens is 416 g/mol. The minimum Gasteiger partial charge on any atom is -0.406 e. The first-order valence-electron chi connectivity index (χ1n) is 9.38. The van der Waals surface area contributed by atoms with Gasteiger partial charge in [-0.15, -0.1) is 13.2 Å². The SMILES string of the molecule is O=C1CCC(C(=O)Nc2ccc(-c3ccc(OC(F)(F)F)cc3)cc2F)n2cccc21. The third-order valence-corrected chi connectivity index (χ3v) is 5.00. The van der Waals surface area contributed by atoms with Crippen LogP contribution in [0.3, 0.4) is 0 Å². The van der Waals surface area contributed by atoms with Crippen LogP contribution in [-0.2, 0) is 4.79 Å². The fourth-order valence-corrected chi connectivity index (χ4v) is 3.56. The van der Waals surface area contributed by atoms with Crippen molar-refractivity contribution in [3.8, 4) is 16.9 Å². The number of nitrogens with zero attached hydrogens (tertiary/aromatic N) is 1. The zero-order chi connectivity index (χ0) is 22.2. The number of rotatable bonds is 4. The molecule has 5 nitrogen and oxygen atoms in total. The number of anilines is 1. The van der Waals surface area contributed by atoms with Gasteiger partial charge in [0.05, 0.1) is 11.4 Å². The Morgan fingerprint density at radius 2 is 1.77 bits per heavy atom. The molecule has 1 aliphatic heterocycles. The molecule has 0 saturated heterocycles. The molecule has 0 radical (unpaired) electrons. The lowest BCUT2D eigenvalue weighted by Crippen LogP contribution is -2.31. The molecule has 1 amide bonds. The Balaban J connectivity index is 1.49. The molecule has 1 aromatic heterocycles. The monoisotopic (exact) mass is 432 g/mol. The average molecular weight is 432 g/mol. The number of halogens is 4. The molecule has 3 aromatic rings. The number of amides is 1. The molecule has 1 unspecified atom stereocenters. The second-order valence-electron chi connectivity index (χ2n) is 7.03. The van der Waals surface area contributed by atoms with Crippen LogP contribution in [0, 0.1) is 5.82 Å². The number of Topliss-reactive ketones (excluding diaryl/α,β-unsaturated/α-hetero) is 1. The number of alkyl halides is 3. The first kappa shape index (κ1) is 20.6. The summed E-state index contributed by atoms with van der Waals surface area (Å²) >= 11 is 0. The molecular formula is C22H16F4N2O3. The van der Waals surface area contributed by atoms with Crippen molar-refractivity contribution in [3.05, 3.63) is 72.3 Å². The van der Waals surface area contributed by atoms with Crippen LogP contribution >= 0.6 is 0 Å². The highest BCUT2D eigenvalue weighted by atomic mass is 19.4. The number of fused-ring (bicyclic) bond motifs is 1. The highest BCUT2D eigenvalue weighted by molar-refractivity contribution is 6.00. The highest BCUT2D eigenvalue weighted by Crippen LogP contribution is 2.30. The third kappa shape index (κ3) is 4.45. The lowest BCUT2D eigenvalue weighted by molar-refractivity contribution is -0.274. The second-order valence-corrected chi connectivity index (χ2v) is 7.03. The zero-order valence-electron chi connectivity index (χ0n) is 15.9. The van der Waals surface area contributed by atoms with E-state index >= 15 is 0 Å². The van der Waals surface area contributed by atoms with Gasteiger partial charge >= 0.3 is 6.36 Å². The van der Waals surface area contributed by atoms with Gasteiger partial charge in [-0.3, -0.25) is 9.59 Å². The highest BCUT2D eigenvalue weighted by Gasteiger charge is 2.31. The molecule has 1 atom stereocenters. The predicted octanol–water partition coefficient (Wildman–Crippen LogP) is 5.35. The van der Waals surface area contributed by atoms with Crippen molar-refractivity contribution in [1.29, 1.82) is 0 Å². The van der Waals surface area contributed by atoms with Gasteiger partial charge in [-0.1, -0.05) is 18.2 Å². The Morgan fingerprint density at radius 3 is 2.45 bits per heavy atom. The van der Waals surface area contributed by atoms with E-state index in [1.54, 1.807) is 29.0 Å². The third-order valence-electron chi connectivity index (χ3n) is 5.00. The number of carbonyl (C=O) groups excluding carboxylic acids is 2. The summed E-state index contributed by atoms with van der Waals surface area (Å²) in [7, 11) is 0. The average Bonchev–Trinajstić information content (AvgIpc) is 3.20. The topological polar surface area (TPSA) is 60.3 Å². The summed E-state index contributed by atoms with van der Waals surface area (Å²) in [5.74, 6) is -1.56. The number of hydrogen-bond acceptors (Lipinski definition) is 3. The zero-order valence-corrected chi connectivity index (χ0v) is 15.9. The summed E-state index contributed by atoms with van der Waals surface area (Å²) in [6.45, 7) is 0. The first-order valence-corrected chi connectivity index (χ1v) is 9.38. The summed E-state index contributed by atoms with van der Waals surface area (Å²) in [6.07, 6.45) is -2.60. The Morgan fingerprint density at radius 1 is 1.06 bits per heavy atom. The minimum atomic E-state index is -4.79. The van der Waals surface area contributed by atoms with Crippen LogP contribution in [0.5, 0.6) is 5.75 Å². The molecule has 0 saturated carbocycles. The number of hydrogen-bond donors (Lipinski definition) is 1. The molecule has 9 heteroatoms. The predicted molar refractivity (Wildman–Crippen MR) is 104 cm³/mol. The van der Waals surface area contributed by atoms with E-state index in [4.69, 9.17) is 0 Å². The number of ether oxygens (including phenoxy) is 1. The summed E-state index contributed by atoms with van der Waals surface area (Å²) < 4.78 is 56.8. The Hall–Kier alpha value is -3.62. The fourth-order valence-electron chi connectivity index (χ4n) is 3.56. The van der Waals surface area contributed by atoms with Gasteiger partial charge in [0.15, 0.2) is 5.78 Å². The molecule has 0 spiro atoms. The maximum absolute atomic E-state index is 14.6. The summed E-state index contributed by atoms with van der Waals surface area (Å²) in [4.78, 5) is 24.6. The van der Waals surface area contributed by atoms with Gasteiger partial charge < -0.3 is 14.6 Å². The number of carbonyl (C=O) groups is 2. The van der Waals surface area contributed by atoms with Crippen molar-refractivity contribution in [1.82, 2.24) is 4.57 Å². The van der Waals surface area contributed by atoms with Crippen LogP contribution in [0.4, 0.5) is 23.2 Å². The number of benzene rings is 2. The Kier molecular flexibility index (Phi) is 5.26. The van der Waals surface area contributed by atoms with E-state index in [9.17, 15) is 27.2 Å². The van der Waals surface area contributed by atoms with Crippen molar-refractivity contribution in [2.24, 2.45) is 0 Å². The van der Waals surface area contributed by atoms with E-state index in [2.05, 4.69) is 10.1 Å². The normalized spacial score (nSPS) is 16.0. The Labute approximate surface area is 174 Å². The fraction of sp³-hybridized carbons (Fsp3) is 0.182. The van der Waals surface area contributed by atoms with Crippen molar-refractivity contribution < 1.29 is 31.9 Å². The van der Waals surface area contributed by atoms with E-state index in [0.29, 0.717) is 23.2 Å². The summed E-state index contributed by atoms with van der Waals surface area (Å²) in [5.41, 5.74) is 1.32. The van der Waals surface area contributed by atoms with E-state index in [1.165, 1.54) is 24.3 Å². The van der Waals surface area contributed by atoms with Gasteiger partial charge in [-0.05, 0) is 53.9 Å². The summed E-state index contributed by atoms with van der Waals surface area (Å²) in [6, 6.07) is 11.8. The van der Waals surface area contributed by atoms with E-state index in [1.807, 2.05) is 0 Å².